The Kier molecular flexibility index (Phi) is 5.01. The van der Waals surface area contributed by atoms with Crippen LogP contribution in [-0.4, -0.2) is 78.2 Å². The first-order valence-electron chi connectivity index (χ1n) is 7.54. The monoisotopic (exact) mass is 377 g/mol. The van der Waals surface area contributed by atoms with Crippen molar-refractivity contribution in [1.82, 2.24) is 20.0 Å². The second-order valence-corrected chi connectivity index (χ2v) is 8.72. The van der Waals surface area contributed by atoms with Gasteiger partial charge in [0.2, 0.25) is 15.2 Å². The second-order valence-electron chi connectivity index (χ2n) is 5.66. The SMILES string of the molecule is O=C(NO)C1(S(=O)(=O)N2CCN(c3nncs3)CC2)CCOCC1. The second kappa shape index (κ2) is 6.88. The summed E-state index contributed by atoms with van der Waals surface area (Å²) in [6, 6.07) is 0. The maximum atomic E-state index is 13.1. The Hall–Kier alpha value is -1.34. The van der Waals surface area contributed by atoms with E-state index in [0.29, 0.717) is 13.1 Å². The van der Waals surface area contributed by atoms with Gasteiger partial charge in [0.15, 0.2) is 4.75 Å². The summed E-state index contributed by atoms with van der Waals surface area (Å²) < 4.78 is 31.1. The largest absolute Gasteiger partial charge is 0.381 e. The molecule has 0 aromatic carbocycles. The lowest BCUT2D eigenvalue weighted by Gasteiger charge is -2.41. The van der Waals surface area contributed by atoms with E-state index in [1.165, 1.54) is 21.1 Å². The smallest absolute Gasteiger partial charge is 0.266 e. The molecule has 2 fully saturated rings. The number of hydroxylamine groups is 1. The molecule has 0 bridgehead atoms. The zero-order chi connectivity index (χ0) is 17.2. The Balaban J connectivity index is 1.78. The molecular formula is C12H19N5O5S2. The molecule has 134 valence electrons. The lowest BCUT2D eigenvalue weighted by Crippen LogP contribution is -2.62. The third-order valence-electron chi connectivity index (χ3n) is 4.51. The van der Waals surface area contributed by atoms with E-state index in [-0.39, 0.29) is 39.1 Å². The lowest BCUT2D eigenvalue weighted by atomic mass is 9.98. The molecule has 12 heteroatoms. The lowest BCUT2D eigenvalue weighted by molar-refractivity contribution is -0.134. The molecule has 1 amide bonds. The first-order chi connectivity index (χ1) is 11.5. The summed E-state index contributed by atoms with van der Waals surface area (Å²) in [6.45, 7) is 1.78. The number of hydrogen-bond acceptors (Lipinski definition) is 9. The van der Waals surface area contributed by atoms with E-state index < -0.39 is 20.7 Å². The van der Waals surface area contributed by atoms with Gasteiger partial charge in [-0.15, -0.1) is 10.2 Å². The number of ether oxygens (including phenoxy) is 1. The third-order valence-corrected chi connectivity index (χ3v) is 7.88. The number of nitrogens with one attached hydrogen (secondary N) is 1. The summed E-state index contributed by atoms with van der Waals surface area (Å²) in [4.78, 5) is 14.1. The van der Waals surface area contributed by atoms with Gasteiger partial charge in [0.05, 0.1) is 0 Å². The van der Waals surface area contributed by atoms with Crippen molar-refractivity contribution in [2.45, 2.75) is 17.6 Å². The number of carbonyl (C=O) groups excluding carboxylic acids is 1. The van der Waals surface area contributed by atoms with Crippen LogP contribution in [0.15, 0.2) is 5.51 Å². The molecule has 2 saturated heterocycles. The minimum Gasteiger partial charge on any atom is -0.381 e. The maximum Gasteiger partial charge on any atom is 0.266 e. The average Bonchev–Trinajstić information content (AvgIpc) is 3.16. The van der Waals surface area contributed by atoms with Crippen molar-refractivity contribution in [3.8, 4) is 0 Å². The van der Waals surface area contributed by atoms with Crippen molar-refractivity contribution < 1.29 is 23.2 Å². The van der Waals surface area contributed by atoms with Gasteiger partial charge in [-0.05, 0) is 0 Å². The minimum absolute atomic E-state index is 0.0261. The summed E-state index contributed by atoms with van der Waals surface area (Å²) in [7, 11) is -3.93. The number of carbonyl (C=O) groups is 1. The molecule has 1 aromatic heterocycles. The molecule has 24 heavy (non-hydrogen) atoms. The van der Waals surface area contributed by atoms with Crippen LogP contribution in [0.1, 0.15) is 12.8 Å². The van der Waals surface area contributed by atoms with E-state index in [2.05, 4.69) is 10.2 Å². The van der Waals surface area contributed by atoms with Gasteiger partial charge >= 0.3 is 0 Å². The summed E-state index contributed by atoms with van der Waals surface area (Å²) in [5.41, 5.74) is 3.15. The van der Waals surface area contributed by atoms with Crippen LogP contribution in [-0.2, 0) is 19.6 Å². The van der Waals surface area contributed by atoms with Crippen LogP contribution in [0, 0.1) is 0 Å². The Morgan fingerprint density at radius 3 is 2.50 bits per heavy atom. The highest BCUT2D eigenvalue weighted by Gasteiger charge is 2.54. The molecule has 3 rings (SSSR count). The number of rotatable bonds is 4. The highest BCUT2D eigenvalue weighted by Crippen LogP contribution is 2.33. The van der Waals surface area contributed by atoms with Gasteiger partial charge in [-0.2, -0.15) is 4.31 Å². The fourth-order valence-corrected chi connectivity index (χ4v) is 5.79. The standard InChI is InChI=1S/C12H19N5O5S2/c18-10(15-19)12(1-7-22-8-2-12)24(20,21)17-5-3-16(4-6-17)11-14-13-9-23-11/h9,19H,1-8H2,(H,15,18). The van der Waals surface area contributed by atoms with Crippen molar-refractivity contribution in [1.29, 1.82) is 0 Å². The van der Waals surface area contributed by atoms with Crippen LogP contribution in [0.3, 0.4) is 0 Å². The molecule has 0 aliphatic carbocycles. The van der Waals surface area contributed by atoms with E-state index in [9.17, 15) is 13.2 Å². The molecule has 0 saturated carbocycles. The van der Waals surface area contributed by atoms with E-state index in [1.807, 2.05) is 4.90 Å². The van der Waals surface area contributed by atoms with Crippen LogP contribution in [0.5, 0.6) is 0 Å². The van der Waals surface area contributed by atoms with E-state index >= 15 is 0 Å². The quantitative estimate of drug-likeness (QED) is 0.508. The van der Waals surface area contributed by atoms with Crippen molar-refractivity contribution in [3.63, 3.8) is 0 Å². The normalized spacial score (nSPS) is 22.3. The maximum absolute atomic E-state index is 13.1. The van der Waals surface area contributed by atoms with Crippen LogP contribution in [0.4, 0.5) is 5.13 Å². The van der Waals surface area contributed by atoms with Crippen molar-refractivity contribution >= 4 is 32.4 Å². The van der Waals surface area contributed by atoms with Gasteiger partial charge in [0.25, 0.3) is 5.91 Å². The molecule has 10 nitrogen and oxygen atoms in total. The molecule has 0 atom stereocenters. The Morgan fingerprint density at radius 2 is 1.96 bits per heavy atom. The third kappa shape index (κ3) is 2.88. The van der Waals surface area contributed by atoms with Gasteiger partial charge < -0.3 is 9.64 Å². The number of amides is 1. The molecule has 2 aliphatic rings. The molecule has 0 spiro atoms. The van der Waals surface area contributed by atoms with E-state index in [4.69, 9.17) is 9.94 Å². The molecule has 1 aromatic rings. The summed E-state index contributed by atoms with van der Waals surface area (Å²) in [6.07, 6.45) is 0.0523. The zero-order valence-corrected chi connectivity index (χ0v) is 14.6. The van der Waals surface area contributed by atoms with Crippen molar-refractivity contribution in [2.24, 2.45) is 0 Å². The van der Waals surface area contributed by atoms with Crippen molar-refractivity contribution in [2.75, 3.05) is 44.3 Å². The van der Waals surface area contributed by atoms with Gasteiger partial charge in [-0.3, -0.25) is 10.0 Å². The van der Waals surface area contributed by atoms with Gasteiger partial charge in [0, 0.05) is 52.2 Å². The fourth-order valence-electron chi connectivity index (χ4n) is 3.08. The molecule has 2 N–H and O–H groups in total. The first-order valence-corrected chi connectivity index (χ1v) is 9.86. The topological polar surface area (TPSA) is 125 Å². The molecule has 2 aliphatic heterocycles. The fraction of sp³-hybridized carbons (Fsp3) is 0.750. The van der Waals surface area contributed by atoms with Crippen LogP contribution >= 0.6 is 11.3 Å². The number of aromatic nitrogens is 2. The van der Waals surface area contributed by atoms with Gasteiger partial charge in [-0.1, -0.05) is 11.3 Å². The van der Waals surface area contributed by atoms with Gasteiger partial charge in [0.1, 0.15) is 5.51 Å². The van der Waals surface area contributed by atoms with E-state index in [0.717, 1.165) is 5.13 Å². The first kappa shape index (κ1) is 17.5. The number of hydrogen-bond donors (Lipinski definition) is 2. The Morgan fingerprint density at radius 1 is 1.29 bits per heavy atom. The van der Waals surface area contributed by atoms with Crippen LogP contribution < -0.4 is 10.4 Å². The highest BCUT2D eigenvalue weighted by molar-refractivity contribution is 7.91. The molecule has 3 heterocycles. The van der Waals surface area contributed by atoms with E-state index in [1.54, 1.807) is 5.51 Å². The summed E-state index contributed by atoms with van der Waals surface area (Å²) in [5.74, 6) is -0.891. The Labute approximate surface area is 143 Å². The van der Waals surface area contributed by atoms with Gasteiger partial charge in [-0.25, -0.2) is 13.9 Å². The predicted octanol–water partition coefficient (Wildman–Crippen LogP) is -0.955. The summed E-state index contributed by atoms with van der Waals surface area (Å²) in [5, 5.41) is 17.6. The van der Waals surface area contributed by atoms with Crippen LogP contribution in [0.25, 0.3) is 0 Å². The molecule has 0 radical (unpaired) electrons. The number of nitrogens with zero attached hydrogens (tertiary/aromatic N) is 4. The number of piperazine rings is 1. The minimum atomic E-state index is -3.93. The molecular weight excluding hydrogens is 358 g/mol. The van der Waals surface area contributed by atoms with Crippen LogP contribution in [0.2, 0.25) is 0 Å². The number of anilines is 1. The van der Waals surface area contributed by atoms with Crippen molar-refractivity contribution in [3.05, 3.63) is 5.51 Å². The number of sulfonamides is 1. The Bertz CT molecular complexity index is 666. The predicted molar refractivity (Wildman–Crippen MR) is 85.3 cm³/mol. The summed E-state index contributed by atoms with van der Waals surface area (Å²) >= 11 is 1.40. The highest BCUT2D eigenvalue weighted by atomic mass is 32.2. The zero-order valence-electron chi connectivity index (χ0n) is 12.9. The average molecular weight is 377 g/mol. The molecule has 0 unspecified atom stereocenters.